The molecule has 0 amide bonds. The Hall–Kier alpha value is -1.29. The van der Waals surface area contributed by atoms with Crippen LogP contribution in [0.15, 0.2) is 0 Å². The summed E-state index contributed by atoms with van der Waals surface area (Å²) in [6.45, 7) is 1.99. The Kier molecular flexibility index (Phi) is 5.70. The van der Waals surface area contributed by atoms with Crippen molar-refractivity contribution >= 4 is 5.97 Å². The molecular formula is C8H11F3N2O2. The highest BCUT2D eigenvalue weighted by Crippen LogP contribution is 2.13. The number of carboxylic acids is 1. The molecule has 0 aliphatic carbocycles. The molecule has 4 nitrogen and oxygen atoms in total. The number of rotatable bonds is 0. The Bertz CT molecular complexity index is 241. The molecule has 1 atom stereocenters. The van der Waals surface area contributed by atoms with Gasteiger partial charge in [-0.1, -0.05) is 0 Å². The highest BCUT2D eigenvalue weighted by molar-refractivity contribution is 5.73. The number of nitrogens with zero attached hydrogens (tertiary/aromatic N) is 1. The summed E-state index contributed by atoms with van der Waals surface area (Å²) in [7, 11) is 0. The molecule has 1 fully saturated rings. The molecule has 0 bridgehead atoms. The molecule has 15 heavy (non-hydrogen) atoms. The monoisotopic (exact) mass is 224 g/mol. The molecular weight excluding hydrogens is 213 g/mol. The third kappa shape index (κ3) is 6.74. The van der Waals surface area contributed by atoms with Crippen LogP contribution in [0.4, 0.5) is 13.2 Å². The van der Waals surface area contributed by atoms with Gasteiger partial charge in [-0.05, 0) is 19.4 Å². The van der Waals surface area contributed by atoms with Crippen LogP contribution in [0.1, 0.15) is 12.8 Å². The lowest BCUT2D eigenvalue weighted by Crippen LogP contribution is -2.28. The quantitative estimate of drug-likeness (QED) is 0.647. The summed E-state index contributed by atoms with van der Waals surface area (Å²) in [6, 6.07) is 2.24. The summed E-state index contributed by atoms with van der Waals surface area (Å²) >= 11 is 0. The highest BCUT2D eigenvalue weighted by atomic mass is 19.4. The van der Waals surface area contributed by atoms with Gasteiger partial charge in [0.1, 0.15) is 0 Å². The van der Waals surface area contributed by atoms with Crippen LogP contribution in [0.5, 0.6) is 0 Å². The van der Waals surface area contributed by atoms with Crippen LogP contribution in [-0.4, -0.2) is 30.3 Å². The average molecular weight is 224 g/mol. The molecule has 0 aromatic rings. The lowest BCUT2D eigenvalue weighted by Gasteiger charge is -2.15. The van der Waals surface area contributed by atoms with Crippen LogP contribution in [-0.2, 0) is 4.79 Å². The third-order valence-electron chi connectivity index (χ3n) is 1.72. The minimum atomic E-state index is -5.08. The van der Waals surface area contributed by atoms with Crippen molar-refractivity contribution in [3.63, 3.8) is 0 Å². The van der Waals surface area contributed by atoms with Crippen molar-refractivity contribution in [2.75, 3.05) is 13.1 Å². The summed E-state index contributed by atoms with van der Waals surface area (Å²) in [6.07, 6.45) is -2.83. The van der Waals surface area contributed by atoms with E-state index in [0.717, 1.165) is 25.9 Å². The van der Waals surface area contributed by atoms with E-state index < -0.39 is 12.1 Å². The molecule has 0 unspecified atom stereocenters. The first kappa shape index (κ1) is 13.7. The molecule has 1 saturated heterocycles. The predicted molar refractivity (Wildman–Crippen MR) is 44.9 cm³/mol. The van der Waals surface area contributed by atoms with Gasteiger partial charge in [0.25, 0.3) is 0 Å². The van der Waals surface area contributed by atoms with E-state index >= 15 is 0 Å². The first-order chi connectivity index (χ1) is 6.88. The minimum Gasteiger partial charge on any atom is -0.475 e. The van der Waals surface area contributed by atoms with Crippen LogP contribution in [0.25, 0.3) is 0 Å². The number of carbonyl (C=O) groups is 1. The molecule has 1 heterocycles. The molecule has 0 spiro atoms. The number of alkyl halides is 3. The van der Waals surface area contributed by atoms with Gasteiger partial charge in [-0.25, -0.2) is 4.79 Å². The normalized spacial score (nSPS) is 20.8. The number of piperidine rings is 1. The maximum Gasteiger partial charge on any atom is 0.490 e. The Morgan fingerprint density at radius 3 is 2.27 bits per heavy atom. The van der Waals surface area contributed by atoms with Gasteiger partial charge in [0.2, 0.25) is 0 Å². The Morgan fingerprint density at radius 1 is 1.53 bits per heavy atom. The van der Waals surface area contributed by atoms with Gasteiger partial charge in [0.05, 0.1) is 12.0 Å². The zero-order valence-corrected chi connectivity index (χ0v) is 7.84. The zero-order chi connectivity index (χ0) is 11.9. The lowest BCUT2D eigenvalue weighted by molar-refractivity contribution is -0.192. The maximum absolute atomic E-state index is 10.6. The van der Waals surface area contributed by atoms with E-state index in [4.69, 9.17) is 15.2 Å². The molecule has 0 radical (unpaired) electrons. The topological polar surface area (TPSA) is 73.1 Å². The first-order valence-corrected chi connectivity index (χ1v) is 4.28. The number of halogens is 3. The predicted octanol–water partition coefficient (Wildman–Crippen LogP) is 1.14. The number of hydrogen-bond acceptors (Lipinski definition) is 3. The van der Waals surface area contributed by atoms with Gasteiger partial charge in [-0.15, -0.1) is 0 Å². The molecule has 86 valence electrons. The minimum absolute atomic E-state index is 0.281. The summed E-state index contributed by atoms with van der Waals surface area (Å²) in [5, 5.41) is 18.7. The number of hydrogen-bond donors (Lipinski definition) is 2. The molecule has 0 aromatic carbocycles. The maximum atomic E-state index is 10.6. The van der Waals surface area contributed by atoms with Gasteiger partial charge in [0.15, 0.2) is 0 Å². The van der Waals surface area contributed by atoms with E-state index in [1.807, 2.05) is 0 Å². The number of carboxylic acid groups (broad SMARTS) is 1. The fourth-order valence-corrected chi connectivity index (χ4v) is 0.962. The molecule has 7 heteroatoms. The molecule has 0 saturated carbocycles. The lowest BCUT2D eigenvalue weighted by atomic mass is 10.0. The van der Waals surface area contributed by atoms with Crippen molar-refractivity contribution in [1.29, 1.82) is 5.26 Å². The van der Waals surface area contributed by atoms with Crippen LogP contribution >= 0.6 is 0 Å². The van der Waals surface area contributed by atoms with Crippen LogP contribution < -0.4 is 5.32 Å². The van der Waals surface area contributed by atoms with Gasteiger partial charge in [-0.3, -0.25) is 0 Å². The largest absolute Gasteiger partial charge is 0.490 e. The van der Waals surface area contributed by atoms with Crippen LogP contribution in [0.3, 0.4) is 0 Å². The third-order valence-corrected chi connectivity index (χ3v) is 1.72. The van der Waals surface area contributed by atoms with E-state index in [1.165, 1.54) is 0 Å². The van der Waals surface area contributed by atoms with Crippen molar-refractivity contribution in [3.05, 3.63) is 0 Å². The van der Waals surface area contributed by atoms with Gasteiger partial charge in [0, 0.05) is 6.54 Å². The molecule has 1 aliphatic rings. The standard InChI is InChI=1S/C6H10N2.C2HF3O2/c7-4-6-2-1-3-8-5-6;3-2(4,5)1(6)7/h6,8H,1-3,5H2;(H,6,7)/t6-;/m0./s1. The second-order valence-corrected chi connectivity index (χ2v) is 2.98. The average Bonchev–Trinajstić information content (AvgIpc) is 2.18. The summed E-state index contributed by atoms with van der Waals surface area (Å²) < 4.78 is 31.7. The summed E-state index contributed by atoms with van der Waals surface area (Å²) in [4.78, 5) is 8.90. The summed E-state index contributed by atoms with van der Waals surface area (Å²) in [5.74, 6) is -2.48. The van der Waals surface area contributed by atoms with Gasteiger partial charge in [-0.2, -0.15) is 18.4 Å². The highest BCUT2D eigenvalue weighted by Gasteiger charge is 2.38. The SMILES string of the molecule is N#C[C@@H]1CCCNC1.O=C(O)C(F)(F)F. The van der Waals surface area contributed by atoms with Crippen molar-refractivity contribution in [1.82, 2.24) is 5.32 Å². The van der Waals surface area contributed by atoms with Crippen LogP contribution in [0.2, 0.25) is 0 Å². The van der Waals surface area contributed by atoms with Gasteiger partial charge < -0.3 is 10.4 Å². The van der Waals surface area contributed by atoms with Crippen molar-refractivity contribution in [2.45, 2.75) is 19.0 Å². The molecule has 1 rings (SSSR count). The Labute approximate surface area is 84.7 Å². The van der Waals surface area contributed by atoms with Crippen LogP contribution in [0, 0.1) is 17.2 Å². The fraction of sp³-hybridized carbons (Fsp3) is 0.750. The number of aliphatic carboxylic acids is 1. The van der Waals surface area contributed by atoms with E-state index in [-0.39, 0.29) is 5.92 Å². The summed E-state index contributed by atoms with van der Waals surface area (Å²) in [5.41, 5.74) is 0. The Morgan fingerprint density at radius 2 is 2.07 bits per heavy atom. The Balaban J connectivity index is 0.000000265. The van der Waals surface area contributed by atoms with Crippen molar-refractivity contribution in [2.24, 2.45) is 5.92 Å². The molecule has 0 aromatic heterocycles. The first-order valence-electron chi connectivity index (χ1n) is 4.28. The zero-order valence-electron chi connectivity index (χ0n) is 7.84. The van der Waals surface area contributed by atoms with E-state index in [9.17, 15) is 13.2 Å². The fourth-order valence-electron chi connectivity index (χ4n) is 0.962. The molecule has 2 N–H and O–H groups in total. The number of nitrogens with one attached hydrogen (secondary N) is 1. The molecule has 1 aliphatic heterocycles. The van der Waals surface area contributed by atoms with E-state index in [0.29, 0.717) is 0 Å². The smallest absolute Gasteiger partial charge is 0.475 e. The van der Waals surface area contributed by atoms with E-state index in [2.05, 4.69) is 11.4 Å². The number of nitriles is 1. The second kappa shape index (κ2) is 6.24. The van der Waals surface area contributed by atoms with E-state index in [1.54, 1.807) is 0 Å². The van der Waals surface area contributed by atoms with Crippen molar-refractivity contribution in [3.8, 4) is 6.07 Å². The second-order valence-electron chi connectivity index (χ2n) is 2.98. The van der Waals surface area contributed by atoms with Gasteiger partial charge >= 0.3 is 12.1 Å². The van der Waals surface area contributed by atoms with Crippen molar-refractivity contribution < 1.29 is 23.1 Å².